The van der Waals surface area contributed by atoms with Crippen molar-refractivity contribution in [3.8, 4) is 0 Å². The van der Waals surface area contributed by atoms with Gasteiger partial charge in [0.1, 0.15) is 12.2 Å². The highest BCUT2D eigenvalue weighted by atomic mass is 15.3. The molecule has 0 fully saturated rings. The number of nitrogens with one attached hydrogen (secondary N) is 1. The van der Waals surface area contributed by atoms with E-state index in [1.807, 2.05) is 4.68 Å². The third-order valence-electron chi connectivity index (χ3n) is 3.35. The van der Waals surface area contributed by atoms with Gasteiger partial charge in [-0.15, -0.1) is 0 Å². The van der Waals surface area contributed by atoms with E-state index < -0.39 is 0 Å². The van der Waals surface area contributed by atoms with Crippen LogP contribution >= 0.6 is 0 Å². The van der Waals surface area contributed by atoms with Gasteiger partial charge < -0.3 is 9.88 Å². The van der Waals surface area contributed by atoms with Crippen molar-refractivity contribution >= 4 is 0 Å². The zero-order valence-electron chi connectivity index (χ0n) is 12.0. The van der Waals surface area contributed by atoms with Crippen molar-refractivity contribution in [3.63, 3.8) is 0 Å². The monoisotopic (exact) mass is 261 g/mol. The molecule has 2 aromatic heterocycles. The fourth-order valence-corrected chi connectivity index (χ4v) is 2.35. The first-order valence-corrected chi connectivity index (χ1v) is 7.04. The van der Waals surface area contributed by atoms with E-state index in [0.29, 0.717) is 6.04 Å². The Morgan fingerprint density at radius 2 is 2.16 bits per heavy atom. The normalized spacial score (nSPS) is 12.8. The molecule has 0 aromatic carbocycles. The van der Waals surface area contributed by atoms with Crippen LogP contribution in [-0.4, -0.2) is 25.9 Å². The van der Waals surface area contributed by atoms with Crippen LogP contribution in [0.25, 0.3) is 0 Å². The fraction of sp³-hybridized carbons (Fsp3) is 0.571. The van der Waals surface area contributed by atoms with Crippen LogP contribution in [0, 0.1) is 0 Å². The lowest BCUT2D eigenvalue weighted by molar-refractivity contribution is 0.535. The Kier molecular flexibility index (Phi) is 4.74. The summed E-state index contributed by atoms with van der Waals surface area (Å²) in [5.74, 6) is 1.00. The highest BCUT2D eigenvalue weighted by molar-refractivity contribution is 5.16. The molecule has 5 heteroatoms. The highest BCUT2D eigenvalue weighted by Crippen LogP contribution is 2.17. The van der Waals surface area contributed by atoms with Crippen LogP contribution in [0.5, 0.6) is 0 Å². The first kappa shape index (κ1) is 13.8. The van der Waals surface area contributed by atoms with E-state index in [9.17, 15) is 0 Å². The predicted molar refractivity (Wildman–Crippen MR) is 75.9 cm³/mol. The number of hydrogen-bond acceptors (Lipinski definition) is 3. The lowest BCUT2D eigenvalue weighted by atomic mass is 10.1. The lowest BCUT2D eigenvalue weighted by Crippen LogP contribution is -2.19. The summed E-state index contributed by atoms with van der Waals surface area (Å²) < 4.78 is 4.10. The van der Waals surface area contributed by atoms with Gasteiger partial charge >= 0.3 is 0 Å². The first-order valence-electron chi connectivity index (χ1n) is 7.04. The maximum absolute atomic E-state index is 4.31. The van der Waals surface area contributed by atoms with Gasteiger partial charge in [0.25, 0.3) is 0 Å². The van der Waals surface area contributed by atoms with Gasteiger partial charge in [-0.25, -0.2) is 9.67 Å². The maximum atomic E-state index is 4.31. The molecule has 2 rings (SSSR count). The number of rotatable bonds is 7. The molecule has 0 radical (unpaired) electrons. The molecule has 19 heavy (non-hydrogen) atoms. The molecule has 0 saturated heterocycles. The van der Waals surface area contributed by atoms with Crippen LogP contribution in [0.4, 0.5) is 0 Å². The van der Waals surface area contributed by atoms with Gasteiger partial charge in [0, 0.05) is 25.0 Å². The SMILES string of the molecule is CCNC(CC)c1ccn(Cc2ncnn2CC)c1. The molecular weight excluding hydrogens is 238 g/mol. The molecule has 1 unspecified atom stereocenters. The van der Waals surface area contributed by atoms with Gasteiger partial charge in [-0.2, -0.15) is 5.10 Å². The average molecular weight is 261 g/mol. The minimum atomic E-state index is 0.440. The van der Waals surface area contributed by atoms with Crippen LogP contribution in [0.15, 0.2) is 24.8 Å². The molecule has 0 saturated carbocycles. The molecule has 0 amide bonds. The zero-order chi connectivity index (χ0) is 13.7. The maximum Gasteiger partial charge on any atom is 0.146 e. The summed E-state index contributed by atoms with van der Waals surface area (Å²) in [5, 5.41) is 7.70. The van der Waals surface area contributed by atoms with Crippen molar-refractivity contribution in [2.45, 2.75) is 46.3 Å². The van der Waals surface area contributed by atoms with Gasteiger partial charge in [-0.1, -0.05) is 13.8 Å². The molecule has 104 valence electrons. The molecule has 2 heterocycles. The van der Waals surface area contributed by atoms with Gasteiger partial charge in [0.2, 0.25) is 0 Å². The summed E-state index contributed by atoms with van der Waals surface area (Å²) >= 11 is 0. The van der Waals surface area contributed by atoms with Crippen molar-refractivity contribution in [2.75, 3.05) is 6.54 Å². The third kappa shape index (κ3) is 3.23. The van der Waals surface area contributed by atoms with Crippen molar-refractivity contribution in [1.82, 2.24) is 24.6 Å². The van der Waals surface area contributed by atoms with Crippen molar-refractivity contribution in [3.05, 3.63) is 36.2 Å². The largest absolute Gasteiger partial charge is 0.346 e. The molecule has 0 aliphatic carbocycles. The fourth-order valence-electron chi connectivity index (χ4n) is 2.35. The predicted octanol–water partition coefficient (Wildman–Crippen LogP) is 2.21. The van der Waals surface area contributed by atoms with E-state index in [4.69, 9.17) is 0 Å². The van der Waals surface area contributed by atoms with Crippen LogP contribution in [0.3, 0.4) is 0 Å². The smallest absolute Gasteiger partial charge is 0.146 e. The quantitative estimate of drug-likeness (QED) is 0.831. The minimum absolute atomic E-state index is 0.440. The van der Waals surface area contributed by atoms with Gasteiger partial charge in [0.05, 0.1) is 6.54 Å². The van der Waals surface area contributed by atoms with E-state index >= 15 is 0 Å². The molecule has 0 spiro atoms. The Bertz CT molecular complexity index is 499. The Morgan fingerprint density at radius 1 is 1.32 bits per heavy atom. The Hall–Kier alpha value is -1.62. The average Bonchev–Trinajstić information content (AvgIpc) is 3.05. The molecule has 0 aliphatic heterocycles. The van der Waals surface area contributed by atoms with Gasteiger partial charge in [-0.3, -0.25) is 0 Å². The topological polar surface area (TPSA) is 47.7 Å². The number of aryl methyl sites for hydroxylation is 1. The summed E-state index contributed by atoms with van der Waals surface area (Å²) in [6.07, 6.45) is 7.04. The van der Waals surface area contributed by atoms with Gasteiger partial charge in [-0.05, 0) is 31.5 Å². The Labute approximate surface area is 114 Å². The Balaban J connectivity index is 2.08. The van der Waals surface area contributed by atoms with Crippen molar-refractivity contribution in [2.24, 2.45) is 0 Å². The van der Waals surface area contributed by atoms with Gasteiger partial charge in [0.15, 0.2) is 0 Å². The van der Waals surface area contributed by atoms with Crippen LogP contribution in [0.2, 0.25) is 0 Å². The molecular formula is C14H23N5. The second kappa shape index (κ2) is 6.52. The van der Waals surface area contributed by atoms with Crippen molar-refractivity contribution < 1.29 is 0 Å². The third-order valence-corrected chi connectivity index (χ3v) is 3.35. The van der Waals surface area contributed by atoms with E-state index in [1.54, 1.807) is 6.33 Å². The van der Waals surface area contributed by atoms with Crippen LogP contribution in [-0.2, 0) is 13.1 Å². The number of nitrogens with zero attached hydrogens (tertiary/aromatic N) is 4. The van der Waals surface area contributed by atoms with E-state index in [-0.39, 0.29) is 0 Å². The van der Waals surface area contributed by atoms with E-state index in [1.165, 1.54) is 5.56 Å². The van der Waals surface area contributed by atoms with Crippen LogP contribution in [0.1, 0.15) is 44.6 Å². The summed E-state index contributed by atoms with van der Waals surface area (Å²) in [6.45, 7) is 9.06. The van der Waals surface area contributed by atoms with Crippen LogP contribution < -0.4 is 5.32 Å². The summed E-state index contributed by atoms with van der Waals surface area (Å²) in [5.41, 5.74) is 1.34. The molecule has 2 aromatic rings. The number of aromatic nitrogens is 4. The van der Waals surface area contributed by atoms with Crippen molar-refractivity contribution in [1.29, 1.82) is 0 Å². The summed E-state index contributed by atoms with van der Waals surface area (Å²) in [4.78, 5) is 4.31. The first-order chi connectivity index (χ1) is 9.28. The summed E-state index contributed by atoms with van der Waals surface area (Å²) in [7, 11) is 0. The highest BCUT2D eigenvalue weighted by Gasteiger charge is 2.10. The van der Waals surface area contributed by atoms with E-state index in [0.717, 1.165) is 31.9 Å². The second-order valence-corrected chi connectivity index (χ2v) is 4.63. The Morgan fingerprint density at radius 3 is 2.84 bits per heavy atom. The molecule has 1 atom stereocenters. The lowest BCUT2D eigenvalue weighted by Gasteiger charge is -2.13. The molecule has 0 aliphatic rings. The minimum Gasteiger partial charge on any atom is -0.346 e. The molecule has 0 bridgehead atoms. The number of hydrogen-bond donors (Lipinski definition) is 1. The zero-order valence-corrected chi connectivity index (χ0v) is 12.0. The standard InChI is InChI=1S/C14H23N5/c1-4-13(15-5-2)12-7-8-18(9-12)10-14-16-11-17-19(14)6-3/h7-9,11,13,15H,4-6,10H2,1-3H3. The van der Waals surface area contributed by atoms with E-state index in [2.05, 4.69) is 59.2 Å². The summed E-state index contributed by atoms with van der Waals surface area (Å²) in [6, 6.07) is 2.62. The second-order valence-electron chi connectivity index (χ2n) is 4.63. The molecule has 5 nitrogen and oxygen atoms in total. The molecule has 1 N–H and O–H groups in total.